The maximum Gasteiger partial charge on any atom is 0.407 e. The van der Waals surface area contributed by atoms with Crippen molar-refractivity contribution in [2.24, 2.45) is 0 Å². The first kappa shape index (κ1) is 29.8. The molecule has 2 aromatic carbocycles. The summed E-state index contributed by atoms with van der Waals surface area (Å²) in [7, 11) is 0. The molecule has 4 amide bonds. The average molecular weight is 575 g/mol. The van der Waals surface area contributed by atoms with Gasteiger partial charge in [0.15, 0.2) is 0 Å². The zero-order valence-electron chi connectivity index (χ0n) is 24.8. The van der Waals surface area contributed by atoms with Crippen LogP contribution in [-0.2, 0) is 27.3 Å². The van der Waals surface area contributed by atoms with Gasteiger partial charge in [0.25, 0.3) is 5.91 Å². The Morgan fingerprint density at radius 1 is 0.976 bits per heavy atom. The summed E-state index contributed by atoms with van der Waals surface area (Å²) in [4.78, 5) is 51.7. The Morgan fingerprint density at radius 3 is 2.38 bits per heavy atom. The smallest absolute Gasteiger partial charge is 0.407 e. The van der Waals surface area contributed by atoms with Gasteiger partial charge in [-0.05, 0) is 88.5 Å². The number of fused-ring (bicyclic) bond motifs is 1. The molecule has 9 nitrogen and oxygen atoms in total. The van der Waals surface area contributed by atoms with Crippen LogP contribution < -0.4 is 16.0 Å². The molecule has 224 valence electrons. The van der Waals surface area contributed by atoms with E-state index in [1.807, 2.05) is 51.1 Å². The van der Waals surface area contributed by atoms with Gasteiger partial charge < -0.3 is 20.3 Å². The summed E-state index contributed by atoms with van der Waals surface area (Å²) in [6.45, 7) is 5.94. The first-order chi connectivity index (χ1) is 20.1. The lowest BCUT2D eigenvalue weighted by molar-refractivity contribution is -0.136. The van der Waals surface area contributed by atoms with Crippen LogP contribution in [0.3, 0.4) is 0 Å². The van der Waals surface area contributed by atoms with Crippen LogP contribution in [-0.4, -0.2) is 52.4 Å². The van der Waals surface area contributed by atoms with E-state index in [0.29, 0.717) is 18.5 Å². The summed E-state index contributed by atoms with van der Waals surface area (Å²) in [6, 6.07) is 16.0. The topological polar surface area (TPSA) is 117 Å². The maximum atomic E-state index is 13.5. The van der Waals surface area contributed by atoms with Gasteiger partial charge >= 0.3 is 6.09 Å². The van der Waals surface area contributed by atoms with Gasteiger partial charge in [0.1, 0.15) is 11.6 Å². The van der Waals surface area contributed by atoms with E-state index in [1.165, 1.54) is 5.56 Å². The summed E-state index contributed by atoms with van der Waals surface area (Å²) in [5.41, 5.74) is 3.40. The highest BCUT2D eigenvalue weighted by Gasteiger charge is 2.40. The first-order valence-corrected chi connectivity index (χ1v) is 15.1. The molecular weight excluding hydrogens is 532 g/mol. The molecule has 5 rings (SSSR count). The number of nitrogens with one attached hydrogen (secondary N) is 3. The molecule has 2 heterocycles. The molecule has 0 unspecified atom stereocenters. The number of ether oxygens (including phenoxy) is 1. The molecule has 1 saturated carbocycles. The fourth-order valence-corrected chi connectivity index (χ4v) is 6.38. The van der Waals surface area contributed by atoms with Crippen LogP contribution in [0.5, 0.6) is 0 Å². The summed E-state index contributed by atoms with van der Waals surface area (Å²) >= 11 is 0. The average Bonchev–Trinajstić information content (AvgIpc) is 3.27. The van der Waals surface area contributed by atoms with Gasteiger partial charge in [0, 0.05) is 36.7 Å². The number of hydrogen-bond acceptors (Lipinski definition) is 6. The van der Waals surface area contributed by atoms with E-state index in [9.17, 15) is 19.2 Å². The molecule has 3 N–H and O–H groups in total. The number of alkyl carbamates (subject to hydrolysis) is 1. The van der Waals surface area contributed by atoms with Gasteiger partial charge in [-0.15, -0.1) is 0 Å². The lowest BCUT2D eigenvalue weighted by Gasteiger charge is -2.34. The highest BCUT2D eigenvalue weighted by Crippen LogP contribution is 2.35. The summed E-state index contributed by atoms with van der Waals surface area (Å²) in [5, 5.41) is 9.33. The van der Waals surface area contributed by atoms with Crippen LogP contribution in [0.15, 0.2) is 48.5 Å². The Bertz CT molecular complexity index is 1310. The van der Waals surface area contributed by atoms with Crippen molar-refractivity contribution in [3.63, 3.8) is 0 Å². The van der Waals surface area contributed by atoms with Gasteiger partial charge in [-0.2, -0.15) is 0 Å². The number of benzene rings is 2. The molecule has 1 saturated heterocycles. The predicted octanol–water partition coefficient (Wildman–Crippen LogP) is 4.55. The van der Waals surface area contributed by atoms with Gasteiger partial charge in [0.2, 0.25) is 11.8 Å². The summed E-state index contributed by atoms with van der Waals surface area (Å²) < 4.78 is 5.44. The highest BCUT2D eigenvalue weighted by atomic mass is 16.6. The van der Waals surface area contributed by atoms with Crippen molar-refractivity contribution in [1.29, 1.82) is 0 Å². The van der Waals surface area contributed by atoms with Gasteiger partial charge in [0.05, 0.1) is 0 Å². The Morgan fingerprint density at radius 2 is 1.69 bits per heavy atom. The lowest BCUT2D eigenvalue weighted by atomic mass is 9.88. The van der Waals surface area contributed by atoms with Crippen molar-refractivity contribution in [2.75, 3.05) is 0 Å². The second kappa shape index (κ2) is 12.7. The molecule has 42 heavy (non-hydrogen) atoms. The fraction of sp³-hybridized carbons (Fsp3) is 0.515. The van der Waals surface area contributed by atoms with Crippen LogP contribution in [0.2, 0.25) is 0 Å². The van der Waals surface area contributed by atoms with Crippen LogP contribution >= 0.6 is 0 Å². The zero-order chi connectivity index (χ0) is 29.9. The normalized spacial score (nSPS) is 23.3. The summed E-state index contributed by atoms with van der Waals surface area (Å²) in [5.74, 6) is -0.844. The minimum absolute atomic E-state index is 0.00929. The number of hydrogen-bond donors (Lipinski definition) is 3. The van der Waals surface area contributed by atoms with E-state index in [2.05, 4.69) is 34.1 Å². The number of carbonyl (C=O) groups excluding carboxylic acids is 4. The monoisotopic (exact) mass is 574 g/mol. The molecule has 2 atom stereocenters. The fourth-order valence-electron chi connectivity index (χ4n) is 6.38. The standard InChI is InChI=1S/C33H42N4O5/c1-33(2,3)42-32(41)35-23-15-13-22(14-16-23)34-27(17-12-21-8-5-4-6-9-21)24-10-7-11-25-26(24)20-37(31(25)40)28-18-19-29(38)36-30(28)39/h4-11,22-23,27-28,34H,12-20H2,1-3H3,(H,35,41)(H,36,38,39)/t22?,23?,27-,28-/m1/s1. The van der Waals surface area contributed by atoms with E-state index < -0.39 is 17.6 Å². The predicted molar refractivity (Wildman–Crippen MR) is 159 cm³/mol. The number of piperidine rings is 1. The molecule has 2 fully saturated rings. The van der Waals surface area contributed by atoms with Gasteiger partial charge in [-0.3, -0.25) is 19.7 Å². The first-order valence-electron chi connectivity index (χ1n) is 15.1. The number of carbonyl (C=O) groups is 4. The van der Waals surface area contributed by atoms with Crippen molar-refractivity contribution < 1.29 is 23.9 Å². The third kappa shape index (κ3) is 7.18. The largest absolute Gasteiger partial charge is 0.444 e. The second-order valence-electron chi connectivity index (χ2n) is 12.7. The lowest BCUT2D eigenvalue weighted by Crippen LogP contribution is -2.52. The number of nitrogens with zero attached hydrogens (tertiary/aromatic N) is 1. The minimum Gasteiger partial charge on any atom is -0.444 e. The molecule has 0 spiro atoms. The Kier molecular flexibility index (Phi) is 8.96. The van der Waals surface area contributed by atoms with Crippen molar-refractivity contribution in [3.8, 4) is 0 Å². The number of imide groups is 1. The molecule has 3 aliphatic rings. The third-order valence-electron chi connectivity index (χ3n) is 8.44. The van der Waals surface area contributed by atoms with Crippen LogP contribution in [0.25, 0.3) is 0 Å². The SMILES string of the molecule is CC(C)(C)OC(=O)NC1CCC(N[C@H](CCc2ccccc2)c2cccc3c2CN([C@@H]2CCC(=O)NC2=O)C3=O)CC1. The third-order valence-corrected chi connectivity index (χ3v) is 8.44. The quantitative estimate of drug-likeness (QED) is 0.399. The second-order valence-corrected chi connectivity index (χ2v) is 12.7. The van der Waals surface area contributed by atoms with E-state index in [-0.39, 0.29) is 42.5 Å². The van der Waals surface area contributed by atoms with Crippen molar-refractivity contribution in [1.82, 2.24) is 20.9 Å². The molecule has 9 heteroatoms. The molecule has 1 aliphatic carbocycles. The van der Waals surface area contributed by atoms with Gasteiger partial charge in [-0.1, -0.05) is 42.5 Å². The van der Waals surface area contributed by atoms with E-state index in [0.717, 1.165) is 49.7 Å². The van der Waals surface area contributed by atoms with E-state index in [4.69, 9.17) is 4.74 Å². The van der Waals surface area contributed by atoms with Crippen molar-refractivity contribution in [2.45, 2.75) is 108 Å². The van der Waals surface area contributed by atoms with Crippen LogP contribution in [0.4, 0.5) is 4.79 Å². The Hall–Kier alpha value is -3.72. The zero-order valence-corrected chi connectivity index (χ0v) is 24.8. The number of amides is 4. The molecule has 0 bridgehead atoms. The Balaban J connectivity index is 1.30. The molecular formula is C33H42N4O5. The summed E-state index contributed by atoms with van der Waals surface area (Å²) in [6.07, 6.45) is 5.48. The Labute approximate surface area is 247 Å². The van der Waals surface area contributed by atoms with E-state index in [1.54, 1.807) is 4.90 Å². The minimum atomic E-state index is -0.640. The van der Waals surface area contributed by atoms with Crippen LogP contribution in [0.1, 0.15) is 98.8 Å². The molecule has 2 aromatic rings. The van der Waals surface area contributed by atoms with Crippen molar-refractivity contribution in [3.05, 3.63) is 70.8 Å². The molecule has 0 aromatic heterocycles. The number of rotatable bonds is 8. The number of aryl methyl sites for hydroxylation is 1. The molecule has 2 aliphatic heterocycles. The van der Waals surface area contributed by atoms with Crippen LogP contribution in [0, 0.1) is 0 Å². The highest BCUT2D eigenvalue weighted by molar-refractivity contribution is 6.05. The molecule has 0 radical (unpaired) electrons. The van der Waals surface area contributed by atoms with Gasteiger partial charge in [-0.25, -0.2) is 4.79 Å². The maximum absolute atomic E-state index is 13.5. The van der Waals surface area contributed by atoms with E-state index >= 15 is 0 Å². The van der Waals surface area contributed by atoms with Crippen molar-refractivity contribution >= 4 is 23.8 Å².